The Morgan fingerprint density at radius 2 is 2.21 bits per heavy atom. The van der Waals surface area contributed by atoms with Crippen LogP contribution in [-0.4, -0.2) is 66.3 Å². The number of aliphatic hydroxyl groups excluding tert-OH is 2. The normalized spacial score (nSPS) is 24.1. The molecule has 1 saturated carbocycles. The number of nitrogens with zero attached hydrogens (tertiary/aromatic N) is 5. The van der Waals surface area contributed by atoms with Gasteiger partial charge in [-0.05, 0) is 12.8 Å². The molecule has 0 aromatic carbocycles. The third kappa shape index (κ3) is 3.65. The van der Waals surface area contributed by atoms with E-state index < -0.39 is 6.10 Å². The molecule has 2 N–H and O–H groups in total. The average molecular weight is 374 g/mol. The van der Waals surface area contributed by atoms with Crippen LogP contribution in [-0.2, 0) is 4.74 Å². The predicted octanol–water partition coefficient (Wildman–Crippen LogP) is 1.45. The number of hydrogen-bond donors (Lipinski definition) is 2. The van der Waals surface area contributed by atoms with Gasteiger partial charge in [-0.1, -0.05) is 35.5 Å². The Kier molecular flexibility index (Phi) is 5.88. The number of hydrogen-bond acceptors (Lipinski definition) is 8. The van der Waals surface area contributed by atoms with Gasteiger partial charge in [0.2, 0.25) is 0 Å². The summed E-state index contributed by atoms with van der Waals surface area (Å²) in [4.78, 5) is 8.75. The van der Waals surface area contributed by atoms with E-state index in [1.165, 1.54) is 11.8 Å². The molecule has 8 nitrogen and oxygen atoms in total. The van der Waals surface area contributed by atoms with Gasteiger partial charge in [-0.25, -0.2) is 14.6 Å². The molecule has 0 amide bonds. The molecule has 0 radical (unpaired) electrons. The Bertz CT molecular complexity index is 700. The first-order valence-electron chi connectivity index (χ1n) is 7.95. The van der Waals surface area contributed by atoms with Crippen molar-refractivity contribution in [3.05, 3.63) is 5.15 Å². The van der Waals surface area contributed by atoms with Crippen molar-refractivity contribution in [2.45, 2.75) is 49.6 Å². The molecule has 3 atom stereocenters. The predicted molar refractivity (Wildman–Crippen MR) is 90.2 cm³/mol. The average Bonchev–Trinajstić information content (AvgIpc) is 3.14. The van der Waals surface area contributed by atoms with E-state index >= 15 is 0 Å². The summed E-state index contributed by atoms with van der Waals surface area (Å²) < 4.78 is 7.15. The minimum Gasteiger partial charge on any atom is -0.394 e. The van der Waals surface area contributed by atoms with Crippen molar-refractivity contribution in [3.63, 3.8) is 0 Å². The Balaban J connectivity index is 1.87. The van der Waals surface area contributed by atoms with E-state index in [9.17, 15) is 5.11 Å². The van der Waals surface area contributed by atoms with Crippen LogP contribution in [0.5, 0.6) is 0 Å². The molecule has 3 rings (SSSR count). The summed E-state index contributed by atoms with van der Waals surface area (Å²) in [5.41, 5.74) is 0.963. The van der Waals surface area contributed by atoms with E-state index in [-0.39, 0.29) is 30.5 Å². The molecule has 0 aliphatic heterocycles. The fourth-order valence-corrected chi connectivity index (χ4v) is 3.77. The van der Waals surface area contributed by atoms with Gasteiger partial charge in [0, 0.05) is 12.2 Å². The van der Waals surface area contributed by atoms with Crippen LogP contribution in [0.2, 0.25) is 5.15 Å². The Hall–Kier alpha value is -1.00. The molecule has 1 fully saturated rings. The quantitative estimate of drug-likeness (QED) is 0.426. The number of aliphatic hydroxyl groups is 2. The van der Waals surface area contributed by atoms with Crippen LogP contribution >= 0.6 is 23.4 Å². The smallest absolute Gasteiger partial charge is 0.191 e. The van der Waals surface area contributed by atoms with Gasteiger partial charge >= 0.3 is 0 Å². The summed E-state index contributed by atoms with van der Waals surface area (Å²) in [6.45, 7) is 2.30. The molecule has 0 spiro atoms. The van der Waals surface area contributed by atoms with Crippen molar-refractivity contribution in [2.24, 2.45) is 0 Å². The van der Waals surface area contributed by atoms with E-state index in [2.05, 4.69) is 27.2 Å². The fourth-order valence-electron chi connectivity index (χ4n) is 2.83. The molecule has 2 aromatic heterocycles. The van der Waals surface area contributed by atoms with Crippen LogP contribution < -0.4 is 0 Å². The zero-order chi connectivity index (χ0) is 17.1. The Morgan fingerprint density at radius 1 is 1.38 bits per heavy atom. The summed E-state index contributed by atoms with van der Waals surface area (Å²) in [6.07, 6.45) is 1.34. The van der Waals surface area contributed by atoms with Crippen LogP contribution in [0.3, 0.4) is 0 Å². The summed E-state index contributed by atoms with van der Waals surface area (Å²) >= 11 is 7.73. The molecule has 10 heteroatoms. The topological polar surface area (TPSA) is 106 Å². The summed E-state index contributed by atoms with van der Waals surface area (Å²) in [5, 5.41) is 28.3. The summed E-state index contributed by atoms with van der Waals surface area (Å²) in [6, 6.07) is -0.284. The molecule has 0 unspecified atom stereocenters. The highest BCUT2D eigenvalue weighted by Crippen LogP contribution is 2.34. The van der Waals surface area contributed by atoms with E-state index in [1.54, 1.807) is 4.68 Å². The van der Waals surface area contributed by atoms with Gasteiger partial charge in [0.25, 0.3) is 0 Å². The van der Waals surface area contributed by atoms with E-state index in [0.717, 1.165) is 12.2 Å². The van der Waals surface area contributed by atoms with E-state index in [4.69, 9.17) is 21.4 Å². The van der Waals surface area contributed by atoms with Crippen molar-refractivity contribution in [3.8, 4) is 0 Å². The Labute approximate surface area is 148 Å². The first-order valence-corrected chi connectivity index (χ1v) is 9.32. The van der Waals surface area contributed by atoms with Crippen molar-refractivity contribution in [1.82, 2.24) is 25.0 Å². The van der Waals surface area contributed by atoms with Gasteiger partial charge in [0.15, 0.2) is 21.5 Å². The Morgan fingerprint density at radius 3 is 2.96 bits per heavy atom. The first-order chi connectivity index (χ1) is 11.6. The minimum atomic E-state index is -0.612. The lowest BCUT2D eigenvalue weighted by Crippen LogP contribution is -2.19. The number of fused-ring (bicyclic) bond motifs is 1. The lowest BCUT2D eigenvalue weighted by atomic mass is 10.2. The second-order valence-electron chi connectivity index (χ2n) is 5.67. The second kappa shape index (κ2) is 7.92. The van der Waals surface area contributed by atoms with E-state index in [1.807, 2.05) is 0 Å². The zero-order valence-corrected chi connectivity index (χ0v) is 14.9. The lowest BCUT2D eigenvalue weighted by molar-refractivity contribution is 0.0252. The SMILES string of the molecule is CCCSc1nc(Cl)c2nnn([C@@H]3C[C@H](OCCO)C[C@H]3O)c2n1. The second-order valence-corrected chi connectivity index (χ2v) is 7.09. The fraction of sp³-hybridized carbons (Fsp3) is 0.714. The van der Waals surface area contributed by atoms with Gasteiger partial charge in [-0.15, -0.1) is 5.10 Å². The third-order valence-corrected chi connectivity index (χ3v) is 5.22. The van der Waals surface area contributed by atoms with E-state index in [0.29, 0.717) is 29.2 Å². The van der Waals surface area contributed by atoms with Crippen molar-refractivity contribution >= 4 is 34.5 Å². The maximum absolute atomic E-state index is 10.4. The third-order valence-electron chi connectivity index (χ3n) is 3.91. The van der Waals surface area contributed by atoms with Gasteiger partial charge in [-0.3, -0.25) is 0 Å². The molecule has 2 heterocycles. The number of ether oxygens (including phenoxy) is 1. The van der Waals surface area contributed by atoms with Gasteiger partial charge in [0.05, 0.1) is 31.5 Å². The molecule has 0 bridgehead atoms. The maximum Gasteiger partial charge on any atom is 0.191 e. The highest BCUT2D eigenvalue weighted by atomic mass is 35.5. The molecule has 2 aromatic rings. The van der Waals surface area contributed by atoms with Crippen molar-refractivity contribution < 1.29 is 14.9 Å². The van der Waals surface area contributed by atoms with Gasteiger partial charge < -0.3 is 14.9 Å². The lowest BCUT2D eigenvalue weighted by Gasteiger charge is -2.14. The van der Waals surface area contributed by atoms with Crippen molar-refractivity contribution in [1.29, 1.82) is 0 Å². The van der Waals surface area contributed by atoms with Gasteiger partial charge in [0.1, 0.15) is 0 Å². The summed E-state index contributed by atoms with van der Waals surface area (Å²) in [5.74, 6) is 0.895. The molecular formula is C14H20ClN5O3S. The molecule has 24 heavy (non-hydrogen) atoms. The molecule has 1 aliphatic rings. The maximum atomic E-state index is 10.4. The number of rotatable bonds is 7. The number of aromatic nitrogens is 5. The van der Waals surface area contributed by atoms with Crippen LogP contribution in [0.1, 0.15) is 32.2 Å². The molecule has 132 valence electrons. The highest BCUT2D eigenvalue weighted by Gasteiger charge is 2.37. The monoisotopic (exact) mass is 373 g/mol. The zero-order valence-electron chi connectivity index (χ0n) is 13.3. The van der Waals surface area contributed by atoms with Crippen molar-refractivity contribution in [2.75, 3.05) is 19.0 Å². The standard InChI is InChI=1S/C14H20ClN5O3S/c1-2-5-24-14-16-12(15)11-13(17-14)20(19-18-11)9-6-8(7-10(9)22)23-4-3-21/h8-10,21-22H,2-7H2,1H3/t8-,9+,10+/m0/s1. The van der Waals surface area contributed by atoms with Gasteiger partial charge in [-0.2, -0.15) is 0 Å². The molecule has 1 aliphatic carbocycles. The van der Waals surface area contributed by atoms with Crippen LogP contribution in [0.15, 0.2) is 5.16 Å². The largest absolute Gasteiger partial charge is 0.394 e. The van der Waals surface area contributed by atoms with Crippen LogP contribution in [0.25, 0.3) is 11.2 Å². The highest BCUT2D eigenvalue weighted by molar-refractivity contribution is 7.99. The summed E-state index contributed by atoms with van der Waals surface area (Å²) in [7, 11) is 0. The van der Waals surface area contributed by atoms with Crippen LogP contribution in [0, 0.1) is 0 Å². The minimum absolute atomic E-state index is 0.0373. The van der Waals surface area contributed by atoms with Crippen LogP contribution in [0.4, 0.5) is 0 Å². The number of thioether (sulfide) groups is 1. The molecular weight excluding hydrogens is 354 g/mol. The number of halogens is 1. The molecule has 0 saturated heterocycles. The first kappa shape index (κ1) is 17.8.